The number of aromatic nitrogens is 3. The lowest BCUT2D eigenvalue weighted by atomic mass is 10.4. The Hall–Kier alpha value is -1.65. The van der Waals surface area contributed by atoms with E-state index in [0.29, 0.717) is 11.8 Å². The predicted molar refractivity (Wildman–Crippen MR) is 39.3 cm³/mol. The van der Waals surface area contributed by atoms with Crippen LogP contribution in [0.15, 0.2) is 15.3 Å². The van der Waals surface area contributed by atoms with E-state index in [-0.39, 0.29) is 0 Å². The highest BCUT2D eigenvalue weighted by Gasteiger charge is 2.12. The van der Waals surface area contributed by atoms with Crippen molar-refractivity contribution in [3.63, 3.8) is 0 Å². The maximum absolute atomic E-state index is 5.25. The molecule has 2 heterocycles. The molecule has 62 valence electrons. The fraction of sp³-hybridized carbons (Fsp3) is 0.286. The van der Waals surface area contributed by atoms with Crippen LogP contribution in [0.2, 0.25) is 0 Å². The summed E-state index contributed by atoms with van der Waals surface area (Å²) < 4.78 is 10.0. The van der Waals surface area contributed by atoms with Crippen LogP contribution in [0.3, 0.4) is 0 Å². The maximum Gasteiger partial charge on any atom is 0.313 e. The smallest absolute Gasteiger partial charge is 0.313 e. The molecule has 0 saturated heterocycles. The lowest BCUT2D eigenvalue weighted by molar-refractivity contribution is 0.409. The first-order chi connectivity index (χ1) is 5.77. The Morgan fingerprint density at radius 3 is 2.58 bits per heavy atom. The molecular formula is C7H7N3O2. The first kappa shape index (κ1) is 7.02. The van der Waals surface area contributed by atoms with Gasteiger partial charge in [-0.15, -0.1) is 0 Å². The SMILES string of the molecule is Cc1nc(-c2ncno2)oc1C. The molecule has 5 nitrogen and oxygen atoms in total. The van der Waals surface area contributed by atoms with Crippen molar-refractivity contribution in [2.75, 3.05) is 0 Å². The van der Waals surface area contributed by atoms with Crippen molar-refractivity contribution in [2.24, 2.45) is 0 Å². The minimum absolute atomic E-state index is 0.311. The molecule has 0 aromatic carbocycles. The second kappa shape index (κ2) is 2.44. The Morgan fingerprint density at radius 1 is 1.25 bits per heavy atom. The Kier molecular flexibility index (Phi) is 1.43. The number of oxazole rings is 1. The lowest BCUT2D eigenvalue weighted by Gasteiger charge is -1.81. The van der Waals surface area contributed by atoms with E-state index >= 15 is 0 Å². The summed E-state index contributed by atoms with van der Waals surface area (Å²) in [6.07, 6.45) is 1.31. The maximum atomic E-state index is 5.25. The molecule has 0 spiro atoms. The average molecular weight is 165 g/mol. The molecule has 0 fully saturated rings. The second-order valence-electron chi connectivity index (χ2n) is 2.41. The van der Waals surface area contributed by atoms with Crippen molar-refractivity contribution in [2.45, 2.75) is 13.8 Å². The zero-order chi connectivity index (χ0) is 8.55. The van der Waals surface area contributed by atoms with Crippen LogP contribution in [0.5, 0.6) is 0 Å². The average Bonchev–Trinajstić information content (AvgIpc) is 2.61. The second-order valence-corrected chi connectivity index (χ2v) is 2.41. The van der Waals surface area contributed by atoms with Crippen LogP contribution >= 0.6 is 0 Å². The van der Waals surface area contributed by atoms with Crippen molar-refractivity contribution >= 4 is 0 Å². The summed E-state index contributed by atoms with van der Waals surface area (Å²) in [5.74, 6) is 1.46. The summed E-state index contributed by atoms with van der Waals surface area (Å²) in [5, 5.41) is 3.45. The van der Waals surface area contributed by atoms with Crippen molar-refractivity contribution in [1.29, 1.82) is 0 Å². The molecular weight excluding hydrogens is 158 g/mol. The highest BCUT2D eigenvalue weighted by atomic mass is 16.5. The minimum Gasteiger partial charge on any atom is -0.438 e. The van der Waals surface area contributed by atoms with Gasteiger partial charge in [-0.05, 0) is 13.8 Å². The van der Waals surface area contributed by atoms with Crippen LogP contribution in [-0.4, -0.2) is 15.1 Å². The quantitative estimate of drug-likeness (QED) is 0.637. The zero-order valence-corrected chi connectivity index (χ0v) is 6.74. The third kappa shape index (κ3) is 0.990. The van der Waals surface area contributed by atoms with Crippen LogP contribution in [0, 0.1) is 13.8 Å². The van der Waals surface area contributed by atoms with E-state index in [0.717, 1.165) is 11.5 Å². The van der Waals surface area contributed by atoms with Gasteiger partial charge in [0.1, 0.15) is 5.76 Å². The number of hydrogen-bond donors (Lipinski definition) is 0. The molecule has 2 aromatic rings. The van der Waals surface area contributed by atoms with Gasteiger partial charge in [0.25, 0.3) is 5.89 Å². The highest BCUT2D eigenvalue weighted by molar-refractivity contribution is 5.37. The molecule has 0 atom stereocenters. The first-order valence-corrected chi connectivity index (χ1v) is 3.48. The molecule has 0 bridgehead atoms. The third-order valence-electron chi connectivity index (χ3n) is 1.57. The summed E-state index contributed by atoms with van der Waals surface area (Å²) in [6, 6.07) is 0. The van der Waals surface area contributed by atoms with E-state index < -0.39 is 0 Å². The van der Waals surface area contributed by atoms with E-state index in [1.165, 1.54) is 6.33 Å². The largest absolute Gasteiger partial charge is 0.438 e. The normalized spacial score (nSPS) is 10.5. The number of rotatable bonds is 1. The zero-order valence-electron chi connectivity index (χ0n) is 6.74. The van der Waals surface area contributed by atoms with Crippen molar-refractivity contribution in [3.8, 4) is 11.8 Å². The van der Waals surface area contributed by atoms with E-state index in [1.54, 1.807) is 0 Å². The molecule has 0 N–H and O–H groups in total. The molecule has 12 heavy (non-hydrogen) atoms. The van der Waals surface area contributed by atoms with Gasteiger partial charge in [0.15, 0.2) is 6.33 Å². The third-order valence-corrected chi connectivity index (χ3v) is 1.57. The number of hydrogen-bond acceptors (Lipinski definition) is 5. The van der Waals surface area contributed by atoms with Gasteiger partial charge < -0.3 is 8.94 Å². The molecule has 0 aliphatic heterocycles. The summed E-state index contributed by atoms with van der Waals surface area (Å²) >= 11 is 0. The molecule has 2 rings (SSSR count). The molecule has 0 aliphatic rings. The van der Waals surface area contributed by atoms with E-state index in [1.807, 2.05) is 13.8 Å². The fourth-order valence-corrected chi connectivity index (χ4v) is 0.832. The van der Waals surface area contributed by atoms with Crippen LogP contribution in [0.25, 0.3) is 11.8 Å². The summed E-state index contributed by atoms with van der Waals surface area (Å²) in [6.45, 7) is 3.70. The molecule has 0 saturated carbocycles. The molecule has 0 radical (unpaired) electrons. The number of aryl methyl sites for hydroxylation is 2. The van der Waals surface area contributed by atoms with Gasteiger partial charge in [0.05, 0.1) is 5.69 Å². The molecule has 2 aromatic heterocycles. The van der Waals surface area contributed by atoms with Crippen LogP contribution in [0.4, 0.5) is 0 Å². The predicted octanol–water partition coefficient (Wildman–Crippen LogP) is 1.34. The van der Waals surface area contributed by atoms with E-state index in [2.05, 4.69) is 15.1 Å². The highest BCUT2D eigenvalue weighted by Crippen LogP contribution is 2.17. The van der Waals surface area contributed by atoms with Gasteiger partial charge in [-0.2, -0.15) is 4.98 Å². The molecule has 5 heteroatoms. The standard InChI is InChI=1S/C7H7N3O2/c1-4-5(2)11-7(10-4)6-8-3-9-12-6/h3H,1-2H3. The van der Waals surface area contributed by atoms with Crippen molar-refractivity contribution in [1.82, 2.24) is 15.1 Å². The first-order valence-electron chi connectivity index (χ1n) is 3.48. The van der Waals surface area contributed by atoms with Gasteiger partial charge >= 0.3 is 5.89 Å². The van der Waals surface area contributed by atoms with Gasteiger partial charge in [0, 0.05) is 0 Å². The van der Waals surface area contributed by atoms with Gasteiger partial charge in [-0.1, -0.05) is 5.16 Å². The molecule has 0 unspecified atom stereocenters. The van der Waals surface area contributed by atoms with Gasteiger partial charge in [-0.3, -0.25) is 0 Å². The molecule has 0 amide bonds. The monoisotopic (exact) mass is 165 g/mol. The summed E-state index contributed by atoms with van der Waals surface area (Å²) in [4.78, 5) is 7.90. The van der Waals surface area contributed by atoms with E-state index in [4.69, 9.17) is 8.94 Å². The van der Waals surface area contributed by atoms with Crippen LogP contribution in [-0.2, 0) is 0 Å². The van der Waals surface area contributed by atoms with Crippen LogP contribution < -0.4 is 0 Å². The lowest BCUT2D eigenvalue weighted by Crippen LogP contribution is -1.76. The van der Waals surface area contributed by atoms with Crippen molar-refractivity contribution in [3.05, 3.63) is 17.8 Å². The Bertz CT molecular complexity index is 358. The summed E-state index contributed by atoms with van der Waals surface area (Å²) in [5.41, 5.74) is 0.836. The van der Waals surface area contributed by atoms with Gasteiger partial charge in [-0.25, -0.2) is 4.98 Å². The van der Waals surface area contributed by atoms with Crippen LogP contribution in [0.1, 0.15) is 11.5 Å². The fourth-order valence-electron chi connectivity index (χ4n) is 0.832. The Morgan fingerprint density at radius 2 is 2.08 bits per heavy atom. The van der Waals surface area contributed by atoms with E-state index in [9.17, 15) is 0 Å². The summed E-state index contributed by atoms with van der Waals surface area (Å²) in [7, 11) is 0. The Balaban J connectivity index is 2.48. The van der Waals surface area contributed by atoms with Gasteiger partial charge in [0.2, 0.25) is 0 Å². The minimum atomic E-state index is 0.311. The number of nitrogens with zero attached hydrogens (tertiary/aromatic N) is 3. The van der Waals surface area contributed by atoms with Crippen molar-refractivity contribution < 1.29 is 8.94 Å². The Labute approximate surface area is 68.4 Å². The molecule has 0 aliphatic carbocycles. The topological polar surface area (TPSA) is 65.0 Å².